The lowest BCUT2D eigenvalue weighted by molar-refractivity contribution is -0.161. The van der Waals surface area contributed by atoms with E-state index in [-0.39, 0.29) is 35.0 Å². The van der Waals surface area contributed by atoms with Gasteiger partial charge in [0, 0.05) is 5.56 Å². The molecule has 3 aromatic carbocycles. The Morgan fingerprint density at radius 3 is 2.02 bits per heavy atom. The number of rotatable bonds is 10. The van der Waals surface area contributed by atoms with Gasteiger partial charge in [0.2, 0.25) is 17.2 Å². The van der Waals surface area contributed by atoms with Gasteiger partial charge in [-0.2, -0.15) is 0 Å². The van der Waals surface area contributed by atoms with Crippen molar-refractivity contribution in [3.63, 3.8) is 0 Å². The monoisotopic (exact) mass is 724 g/mol. The van der Waals surface area contributed by atoms with Gasteiger partial charge in [-0.3, -0.25) is 0 Å². The molecule has 0 aliphatic carbocycles. The first kappa shape index (κ1) is 37.1. The predicted molar refractivity (Wildman–Crippen MR) is 193 cm³/mol. The van der Waals surface area contributed by atoms with Crippen LogP contribution in [0.25, 0.3) is 0 Å². The van der Waals surface area contributed by atoms with E-state index in [2.05, 4.69) is 33.9 Å². The van der Waals surface area contributed by atoms with Gasteiger partial charge in [-0.25, -0.2) is 0 Å². The second-order valence-corrected chi connectivity index (χ2v) is 20.1. The highest BCUT2D eigenvalue weighted by molar-refractivity contribution is 6.74. The van der Waals surface area contributed by atoms with Gasteiger partial charge >= 0.3 is 0 Å². The molecule has 12 heteroatoms. The minimum Gasteiger partial charge on any atom is -0.541 e. The smallest absolute Gasteiger partial charge is 0.250 e. The molecule has 3 heterocycles. The molecular formula is C39H52O11Si. The summed E-state index contributed by atoms with van der Waals surface area (Å²) in [4.78, 5) is 0. The summed E-state index contributed by atoms with van der Waals surface area (Å²) in [6.45, 7) is 19.5. The number of hydrogen-bond acceptors (Lipinski definition) is 11. The van der Waals surface area contributed by atoms with Crippen LogP contribution in [-0.2, 0) is 31.3 Å². The van der Waals surface area contributed by atoms with Crippen LogP contribution in [0.15, 0.2) is 48.5 Å². The summed E-state index contributed by atoms with van der Waals surface area (Å²) in [5.74, 6) is -0.109. The molecular weight excluding hydrogens is 673 g/mol. The number of ether oxygens (including phenoxy) is 9. The van der Waals surface area contributed by atoms with Crippen LogP contribution in [0.4, 0.5) is 0 Å². The Hall–Kier alpha value is -3.68. The molecule has 3 aliphatic rings. The first-order valence-electron chi connectivity index (χ1n) is 17.5. The highest BCUT2D eigenvalue weighted by atomic mass is 28.4. The summed E-state index contributed by atoms with van der Waals surface area (Å²) in [5, 5.41) is 10.7. The number of fused-ring (bicyclic) bond motifs is 1. The maximum absolute atomic E-state index is 10.8. The van der Waals surface area contributed by atoms with Gasteiger partial charge < -0.3 is 52.2 Å². The third-order valence-electron chi connectivity index (χ3n) is 10.2. The molecule has 3 aliphatic heterocycles. The SMILES string of the molecule is COc1cc([C@H]2Oc3c(O[Si](C)(C)C(C)(C)C)cc(C4(C)OCCO4)c(OCc4ccccc4)c3O[C@@H]2[C@H]2OC(C)(C)O[C@@H]2C)cc(OC)c1O. The van der Waals surface area contributed by atoms with E-state index < -0.39 is 38.2 Å². The number of benzene rings is 3. The van der Waals surface area contributed by atoms with Gasteiger partial charge in [0.15, 0.2) is 46.8 Å². The highest BCUT2D eigenvalue weighted by Crippen LogP contribution is 2.58. The van der Waals surface area contributed by atoms with Crippen LogP contribution >= 0.6 is 0 Å². The van der Waals surface area contributed by atoms with Crippen molar-refractivity contribution in [1.29, 1.82) is 0 Å². The Kier molecular flexibility index (Phi) is 9.96. The summed E-state index contributed by atoms with van der Waals surface area (Å²) in [6.07, 6.45) is -2.54. The van der Waals surface area contributed by atoms with E-state index in [1.165, 1.54) is 14.2 Å². The average Bonchev–Trinajstić information content (AvgIpc) is 3.64. The molecule has 0 unspecified atom stereocenters. The minimum absolute atomic E-state index is 0.125. The van der Waals surface area contributed by atoms with Crippen LogP contribution in [-0.4, -0.2) is 65.0 Å². The molecule has 0 amide bonds. The van der Waals surface area contributed by atoms with E-state index in [4.69, 9.17) is 47.1 Å². The number of phenolic OH excluding ortho intramolecular Hbond substituents is 1. The molecule has 2 saturated heterocycles. The molecule has 3 aromatic rings. The van der Waals surface area contributed by atoms with Gasteiger partial charge in [0.25, 0.3) is 8.32 Å². The fourth-order valence-electron chi connectivity index (χ4n) is 6.47. The first-order valence-corrected chi connectivity index (χ1v) is 20.4. The van der Waals surface area contributed by atoms with Gasteiger partial charge in [0.1, 0.15) is 12.7 Å². The van der Waals surface area contributed by atoms with Crippen molar-refractivity contribution < 1.29 is 52.2 Å². The van der Waals surface area contributed by atoms with Crippen LogP contribution in [0.2, 0.25) is 18.1 Å². The third-order valence-corrected chi connectivity index (χ3v) is 14.5. The Morgan fingerprint density at radius 2 is 1.47 bits per heavy atom. The summed E-state index contributed by atoms with van der Waals surface area (Å²) in [7, 11) is 0.502. The second kappa shape index (κ2) is 13.7. The second-order valence-electron chi connectivity index (χ2n) is 15.4. The maximum Gasteiger partial charge on any atom is 0.250 e. The van der Waals surface area contributed by atoms with E-state index in [0.717, 1.165) is 5.56 Å². The van der Waals surface area contributed by atoms with Gasteiger partial charge in [-0.15, -0.1) is 0 Å². The molecule has 0 aromatic heterocycles. The predicted octanol–water partition coefficient (Wildman–Crippen LogP) is 8.01. The molecule has 51 heavy (non-hydrogen) atoms. The van der Waals surface area contributed by atoms with Crippen molar-refractivity contribution in [2.75, 3.05) is 27.4 Å². The van der Waals surface area contributed by atoms with Crippen LogP contribution in [0.5, 0.6) is 40.2 Å². The molecule has 0 spiro atoms. The molecule has 0 radical (unpaired) electrons. The van der Waals surface area contributed by atoms with Crippen LogP contribution < -0.4 is 28.1 Å². The molecule has 2 fully saturated rings. The zero-order chi connectivity index (χ0) is 36.9. The van der Waals surface area contributed by atoms with E-state index in [1.807, 2.05) is 64.1 Å². The van der Waals surface area contributed by atoms with Crippen LogP contribution in [0, 0.1) is 0 Å². The quantitative estimate of drug-likeness (QED) is 0.205. The largest absolute Gasteiger partial charge is 0.541 e. The number of hydrogen-bond donors (Lipinski definition) is 1. The number of aromatic hydroxyl groups is 1. The topological polar surface area (TPSA) is 113 Å². The van der Waals surface area contributed by atoms with E-state index in [0.29, 0.717) is 47.3 Å². The van der Waals surface area contributed by atoms with Crippen LogP contribution in [0.1, 0.15) is 71.3 Å². The van der Waals surface area contributed by atoms with Crippen LogP contribution in [0.3, 0.4) is 0 Å². The lowest BCUT2D eigenvalue weighted by atomic mass is 9.94. The highest BCUT2D eigenvalue weighted by Gasteiger charge is 2.52. The standard InChI is InChI=1S/C39H52O11Si/c1-23-31(49-38(5,6)48-23)35-32(25-19-27(41-8)30(40)28(20-25)42-9)46-34-29(50-51(10,11)37(2,3)4)21-26(39(7)44-17-18-45-39)33(36(34)47-35)43-22-24-15-13-12-14-16-24/h12-16,19-21,23,31-32,35,40H,17-18,22H2,1-11H3/t23-,31+,32-,35-/m1/s1. The summed E-state index contributed by atoms with van der Waals surface area (Å²) < 4.78 is 64.4. The third kappa shape index (κ3) is 7.21. The van der Waals surface area contributed by atoms with Gasteiger partial charge in [0.05, 0.1) is 39.1 Å². The average molecular weight is 725 g/mol. The molecule has 6 rings (SSSR count). The van der Waals surface area contributed by atoms with Crippen molar-refractivity contribution in [3.05, 3.63) is 65.2 Å². The normalized spacial score (nSPS) is 23.9. The first-order chi connectivity index (χ1) is 24.0. The van der Waals surface area contributed by atoms with Crippen molar-refractivity contribution in [2.24, 2.45) is 0 Å². The fraction of sp³-hybridized carbons (Fsp3) is 0.538. The zero-order valence-corrected chi connectivity index (χ0v) is 32.6. The van der Waals surface area contributed by atoms with Gasteiger partial charge in [-0.1, -0.05) is 51.1 Å². The lowest BCUT2D eigenvalue weighted by Gasteiger charge is -2.42. The Balaban J connectivity index is 1.59. The molecule has 4 atom stereocenters. The van der Waals surface area contributed by atoms with Gasteiger partial charge in [-0.05, 0) is 69.6 Å². The van der Waals surface area contributed by atoms with Crippen molar-refractivity contribution in [2.45, 2.75) is 109 Å². The lowest BCUT2D eigenvalue weighted by Crippen LogP contribution is -2.47. The zero-order valence-electron chi connectivity index (χ0n) is 31.6. The van der Waals surface area contributed by atoms with E-state index >= 15 is 0 Å². The Morgan fingerprint density at radius 1 is 0.843 bits per heavy atom. The molecule has 1 N–H and O–H groups in total. The van der Waals surface area contributed by atoms with Crippen molar-refractivity contribution in [3.8, 4) is 40.2 Å². The molecule has 0 saturated carbocycles. The van der Waals surface area contributed by atoms with Crippen molar-refractivity contribution >= 4 is 8.32 Å². The van der Waals surface area contributed by atoms with E-state index in [1.54, 1.807) is 12.1 Å². The minimum atomic E-state index is -2.47. The molecule has 278 valence electrons. The van der Waals surface area contributed by atoms with Crippen molar-refractivity contribution in [1.82, 2.24) is 0 Å². The molecule has 0 bridgehead atoms. The van der Waals surface area contributed by atoms with E-state index in [9.17, 15) is 5.11 Å². The Labute approximate surface area is 302 Å². The number of phenols is 1. The summed E-state index contributed by atoms with van der Waals surface area (Å²) >= 11 is 0. The Bertz CT molecular complexity index is 1690. The maximum atomic E-state index is 10.8. The fourth-order valence-corrected chi connectivity index (χ4v) is 7.48. The number of methoxy groups -OCH3 is 2. The molecule has 11 nitrogen and oxygen atoms in total. The summed E-state index contributed by atoms with van der Waals surface area (Å²) in [5.41, 5.74) is 2.21. The summed E-state index contributed by atoms with van der Waals surface area (Å²) in [6, 6.07) is 15.2.